The predicted octanol–water partition coefficient (Wildman–Crippen LogP) is 3.65. The number of hydrogen-bond donors (Lipinski definition) is 1. The molecular weight excluding hydrogens is 378 g/mol. The number of rotatable bonds is 6. The van der Waals surface area contributed by atoms with Crippen LogP contribution < -0.4 is 15.6 Å². The SMILES string of the molecule is COc1ccc(-c2ccc(=O)n(CCNC(=O)c3ccc(C(C)(C)C)cc3)n2)cc1. The first-order valence-corrected chi connectivity index (χ1v) is 9.89. The molecule has 1 amide bonds. The molecule has 3 rings (SSSR count). The van der Waals surface area contributed by atoms with Gasteiger partial charge in [-0.2, -0.15) is 5.10 Å². The van der Waals surface area contributed by atoms with Gasteiger partial charge in [-0.1, -0.05) is 32.9 Å². The van der Waals surface area contributed by atoms with Crippen molar-refractivity contribution in [3.8, 4) is 17.0 Å². The van der Waals surface area contributed by atoms with Gasteiger partial charge in [-0.3, -0.25) is 9.59 Å². The van der Waals surface area contributed by atoms with Gasteiger partial charge in [0.25, 0.3) is 11.5 Å². The van der Waals surface area contributed by atoms with E-state index in [9.17, 15) is 9.59 Å². The van der Waals surface area contributed by atoms with Gasteiger partial charge in [0.2, 0.25) is 0 Å². The molecule has 2 aromatic carbocycles. The van der Waals surface area contributed by atoms with Crippen LogP contribution in [0.5, 0.6) is 5.75 Å². The maximum absolute atomic E-state index is 12.4. The minimum absolute atomic E-state index is 0.0384. The van der Waals surface area contributed by atoms with E-state index < -0.39 is 0 Å². The van der Waals surface area contributed by atoms with E-state index in [1.807, 2.05) is 48.5 Å². The van der Waals surface area contributed by atoms with Gasteiger partial charge in [-0.15, -0.1) is 0 Å². The van der Waals surface area contributed by atoms with Gasteiger partial charge in [0.1, 0.15) is 5.75 Å². The van der Waals surface area contributed by atoms with Crippen LogP contribution in [-0.4, -0.2) is 29.3 Å². The number of carbonyl (C=O) groups is 1. The average molecular weight is 405 g/mol. The summed E-state index contributed by atoms with van der Waals surface area (Å²) in [5, 5.41) is 7.27. The molecule has 0 bridgehead atoms. The second-order valence-corrected chi connectivity index (χ2v) is 8.09. The molecule has 0 saturated carbocycles. The fourth-order valence-corrected chi connectivity index (χ4v) is 3.02. The summed E-state index contributed by atoms with van der Waals surface area (Å²) in [6.07, 6.45) is 0. The Kier molecular flexibility index (Phi) is 6.35. The molecule has 6 heteroatoms. The van der Waals surface area contributed by atoms with Gasteiger partial charge in [0.15, 0.2) is 0 Å². The van der Waals surface area contributed by atoms with Gasteiger partial charge in [-0.05, 0) is 53.4 Å². The van der Waals surface area contributed by atoms with Crippen molar-refractivity contribution in [3.05, 3.63) is 82.1 Å². The molecule has 0 unspecified atom stereocenters. The Labute approximate surface area is 176 Å². The number of ether oxygens (including phenoxy) is 1. The Morgan fingerprint density at radius 2 is 1.67 bits per heavy atom. The van der Waals surface area contributed by atoms with E-state index in [0.717, 1.165) is 11.3 Å². The monoisotopic (exact) mass is 405 g/mol. The van der Waals surface area contributed by atoms with Crippen molar-refractivity contribution in [2.24, 2.45) is 0 Å². The molecule has 0 radical (unpaired) electrons. The van der Waals surface area contributed by atoms with E-state index in [0.29, 0.717) is 17.8 Å². The van der Waals surface area contributed by atoms with Crippen molar-refractivity contribution in [1.29, 1.82) is 0 Å². The van der Waals surface area contributed by atoms with Crippen LogP contribution in [0.25, 0.3) is 11.3 Å². The normalized spacial score (nSPS) is 11.2. The molecule has 3 aromatic rings. The third-order valence-electron chi connectivity index (χ3n) is 4.87. The first-order valence-electron chi connectivity index (χ1n) is 9.89. The van der Waals surface area contributed by atoms with Gasteiger partial charge >= 0.3 is 0 Å². The molecule has 0 aliphatic rings. The summed E-state index contributed by atoms with van der Waals surface area (Å²) < 4.78 is 6.53. The van der Waals surface area contributed by atoms with Crippen LogP contribution >= 0.6 is 0 Å². The zero-order chi connectivity index (χ0) is 21.7. The smallest absolute Gasteiger partial charge is 0.266 e. The fourth-order valence-electron chi connectivity index (χ4n) is 3.02. The van der Waals surface area contributed by atoms with Crippen LogP contribution in [0, 0.1) is 0 Å². The maximum atomic E-state index is 12.4. The number of carbonyl (C=O) groups excluding carboxylic acids is 1. The van der Waals surface area contributed by atoms with Gasteiger partial charge in [-0.25, -0.2) is 4.68 Å². The summed E-state index contributed by atoms with van der Waals surface area (Å²) in [4.78, 5) is 24.5. The molecule has 0 aliphatic carbocycles. The number of hydrogen-bond acceptors (Lipinski definition) is 4. The van der Waals surface area contributed by atoms with Gasteiger partial charge in [0, 0.05) is 23.7 Å². The standard InChI is InChI=1S/C24H27N3O3/c1-24(2,3)19-9-5-18(6-10-19)23(29)25-15-16-27-22(28)14-13-21(26-27)17-7-11-20(30-4)12-8-17/h5-14H,15-16H2,1-4H3,(H,25,29). The predicted molar refractivity (Wildman–Crippen MR) is 118 cm³/mol. The van der Waals surface area contributed by atoms with E-state index >= 15 is 0 Å². The topological polar surface area (TPSA) is 73.2 Å². The summed E-state index contributed by atoms with van der Waals surface area (Å²) in [6.45, 7) is 6.99. The molecule has 0 aliphatic heterocycles. The molecule has 0 atom stereocenters. The molecule has 30 heavy (non-hydrogen) atoms. The Hall–Kier alpha value is -3.41. The highest BCUT2D eigenvalue weighted by atomic mass is 16.5. The third-order valence-corrected chi connectivity index (χ3v) is 4.87. The average Bonchev–Trinajstić information content (AvgIpc) is 2.74. The Morgan fingerprint density at radius 1 is 1.00 bits per heavy atom. The molecule has 6 nitrogen and oxygen atoms in total. The van der Waals surface area contributed by atoms with Gasteiger partial charge in [0.05, 0.1) is 19.3 Å². The van der Waals surface area contributed by atoms with Crippen molar-refractivity contribution >= 4 is 5.91 Å². The van der Waals surface area contributed by atoms with Crippen LogP contribution in [0.3, 0.4) is 0 Å². The number of aromatic nitrogens is 2. The Balaban J connectivity index is 1.64. The highest BCUT2D eigenvalue weighted by molar-refractivity contribution is 5.94. The summed E-state index contributed by atoms with van der Waals surface area (Å²) in [7, 11) is 1.61. The number of amides is 1. The largest absolute Gasteiger partial charge is 0.497 e. The molecule has 0 fully saturated rings. The summed E-state index contributed by atoms with van der Waals surface area (Å²) in [6, 6.07) is 18.2. The first kappa shape index (κ1) is 21.3. The van der Waals surface area contributed by atoms with E-state index in [4.69, 9.17) is 4.74 Å². The lowest BCUT2D eigenvalue weighted by Crippen LogP contribution is -2.32. The Bertz CT molecular complexity index is 1060. The van der Waals surface area contributed by atoms with E-state index in [-0.39, 0.29) is 23.4 Å². The number of benzene rings is 2. The minimum atomic E-state index is -0.212. The highest BCUT2D eigenvalue weighted by Gasteiger charge is 2.14. The van der Waals surface area contributed by atoms with Crippen LogP contribution in [-0.2, 0) is 12.0 Å². The highest BCUT2D eigenvalue weighted by Crippen LogP contribution is 2.22. The van der Waals surface area contributed by atoms with E-state index in [1.165, 1.54) is 16.3 Å². The minimum Gasteiger partial charge on any atom is -0.497 e. The zero-order valence-electron chi connectivity index (χ0n) is 17.8. The van der Waals surface area contributed by atoms with Crippen molar-refractivity contribution in [3.63, 3.8) is 0 Å². The lowest BCUT2D eigenvalue weighted by atomic mass is 9.87. The Morgan fingerprint density at radius 3 is 2.27 bits per heavy atom. The van der Waals surface area contributed by atoms with Crippen LogP contribution in [0.1, 0.15) is 36.7 Å². The first-order chi connectivity index (χ1) is 14.3. The second-order valence-electron chi connectivity index (χ2n) is 8.09. The molecule has 156 valence electrons. The fraction of sp³-hybridized carbons (Fsp3) is 0.292. The third kappa shape index (κ3) is 5.14. The van der Waals surface area contributed by atoms with Gasteiger partial charge < -0.3 is 10.1 Å². The molecule has 1 heterocycles. The summed E-state index contributed by atoms with van der Waals surface area (Å²) in [5.41, 5.74) is 3.15. The molecule has 0 spiro atoms. The molecular formula is C24H27N3O3. The maximum Gasteiger partial charge on any atom is 0.266 e. The zero-order valence-corrected chi connectivity index (χ0v) is 17.8. The van der Waals surface area contributed by atoms with E-state index in [2.05, 4.69) is 31.2 Å². The molecule has 1 N–H and O–H groups in total. The summed E-state index contributed by atoms with van der Waals surface area (Å²) >= 11 is 0. The molecule has 1 aromatic heterocycles. The number of nitrogens with zero attached hydrogens (tertiary/aromatic N) is 2. The van der Waals surface area contributed by atoms with Crippen LogP contribution in [0.15, 0.2) is 65.5 Å². The van der Waals surface area contributed by atoms with Crippen molar-refractivity contribution < 1.29 is 9.53 Å². The van der Waals surface area contributed by atoms with Crippen molar-refractivity contribution in [2.45, 2.75) is 32.7 Å². The number of methoxy groups -OCH3 is 1. The quantitative estimate of drug-likeness (QED) is 0.679. The number of nitrogens with one attached hydrogen (secondary N) is 1. The van der Waals surface area contributed by atoms with E-state index in [1.54, 1.807) is 13.2 Å². The van der Waals surface area contributed by atoms with Crippen LogP contribution in [0.2, 0.25) is 0 Å². The summed E-state index contributed by atoms with van der Waals surface area (Å²) in [5.74, 6) is 0.583. The lowest BCUT2D eigenvalue weighted by molar-refractivity contribution is 0.0951. The lowest BCUT2D eigenvalue weighted by Gasteiger charge is -2.19. The van der Waals surface area contributed by atoms with Crippen molar-refractivity contribution in [1.82, 2.24) is 15.1 Å². The van der Waals surface area contributed by atoms with Crippen molar-refractivity contribution in [2.75, 3.05) is 13.7 Å². The second kappa shape index (κ2) is 8.95. The molecule has 0 saturated heterocycles. The van der Waals surface area contributed by atoms with Crippen LogP contribution in [0.4, 0.5) is 0 Å².